The molecule has 21 heteroatoms. The van der Waals surface area contributed by atoms with Crippen LogP contribution in [0.25, 0.3) is 100 Å². The lowest BCUT2D eigenvalue weighted by molar-refractivity contribution is 0.440. The van der Waals surface area contributed by atoms with Crippen molar-refractivity contribution in [3.8, 4) is 100 Å². The van der Waals surface area contributed by atoms with E-state index in [4.69, 9.17) is 104 Å². The molecule has 19 rings (SSSR count). The molecule has 0 amide bonds. The van der Waals surface area contributed by atoms with Gasteiger partial charge in [0.25, 0.3) is 0 Å². The average Bonchev–Trinajstić information content (AvgIpc) is 3.45. The second-order valence-electron chi connectivity index (χ2n) is 16.2. The normalized spacial score (nSPS) is 11.2. The second kappa shape index (κ2) is 25.9. The van der Waals surface area contributed by atoms with Gasteiger partial charge in [0, 0.05) is 0 Å². The molecular weight excluding hydrogens is 1230 g/mol. The molecule has 78 heavy (non-hydrogen) atoms. The van der Waals surface area contributed by atoms with Crippen LogP contribution < -0.4 is 0 Å². The van der Waals surface area contributed by atoms with Crippen LogP contribution in [0.2, 0.25) is 0 Å². The summed E-state index contributed by atoms with van der Waals surface area (Å²) >= 11 is 43.3. The van der Waals surface area contributed by atoms with Gasteiger partial charge < -0.3 is 0 Å². The lowest BCUT2D eigenvalue weighted by Crippen LogP contribution is -2.03. The number of hydrogen-bond donors (Lipinski definition) is 0. The van der Waals surface area contributed by atoms with E-state index in [-0.39, 0.29) is 33.4 Å². The molecule has 0 nitrogen and oxygen atoms in total. The molecule has 402 valence electrons. The van der Waals surface area contributed by atoms with Crippen LogP contribution in [-0.4, -0.2) is 12.9 Å². The third-order valence-corrected chi connectivity index (χ3v) is 11.8. The summed E-state index contributed by atoms with van der Waals surface area (Å²) in [5.74, 6) is -20.8. The van der Waals surface area contributed by atoms with Gasteiger partial charge in [0.2, 0.25) is 0 Å². The van der Waals surface area contributed by atoms with Gasteiger partial charge in [0.1, 0.15) is 17.5 Å². The Bertz CT molecular complexity index is 3010. The zero-order chi connectivity index (χ0) is 57.0. The zero-order valence-electron chi connectivity index (χ0n) is 38.5. The van der Waals surface area contributed by atoms with Gasteiger partial charge in [0.05, 0.1) is 33.4 Å². The van der Waals surface area contributed by atoms with Crippen molar-refractivity contribution < 1.29 is 52.7 Å². The first-order valence-corrected chi connectivity index (χ1v) is 25.8. The first-order valence-electron chi connectivity index (χ1n) is 21.9. The Kier molecular flexibility index (Phi) is 20.1. The summed E-state index contributed by atoms with van der Waals surface area (Å²) in [5, 5.41) is 0. The molecule has 0 spiro atoms. The third-order valence-electron chi connectivity index (χ3n) is 11.8. The fourth-order valence-corrected chi connectivity index (χ4v) is 8.40. The van der Waals surface area contributed by atoms with Crippen molar-refractivity contribution in [1.29, 1.82) is 0 Å². The highest BCUT2D eigenvalue weighted by Gasteiger charge is 2.31. The monoisotopic (exact) mass is 1250 g/mol. The van der Waals surface area contributed by atoms with Crippen molar-refractivity contribution in [3.63, 3.8) is 0 Å². The van der Waals surface area contributed by atoms with Crippen LogP contribution in [-0.2, 0) is 0 Å². The Balaban J connectivity index is 0.000000669. The van der Waals surface area contributed by atoms with Crippen LogP contribution in [0.15, 0.2) is 146 Å². The first-order chi connectivity index (χ1) is 36.9. The van der Waals surface area contributed by atoms with Crippen LogP contribution >= 0.6 is 104 Å². The Morgan fingerprint density at radius 1 is 0.154 bits per heavy atom. The molecule has 0 fully saturated rings. The van der Waals surface area contributed by atoms with E-state index in [1.165, 1.54) is 146 Å². The van der Waals surface area contributed by atoms with E-state index in [1.54, 1.807) is 0 Å². The summed E-state index contributed by atoms with van der Waals surface area (Å²) in [7, 11) is 0. The zero-order valence-corrected chi connectivity index (χ0v) is 45.3. The van der Waals surface area contributed by atoms with Crippen LogP contribution in [0.1, 0.15) is 0 Å². The van der Waals surface area contributed by atoms with Gasteiger partial charge in [-0.05, 0) is 66.8 Å². The first kappa shape index (κ1) is 60.4. The molecule has 0 aromatic heterocycles. The maximum Gasteiger partial charge on any atom is 0.195 e. The van der Waals surface area contributed by atoms with Crippen molar-refractivity contribution in [2.45, 2.75) is 12.9 Å². The summed E-state index contributed by atoms with van der Waals surface area (Å²) in [4.78, 5) is 0. The molecule has 0 saturated carbocycles. The Morgan fingerprint density at radius 2 is 0.244 bits per heavy atom. The number of halogens is 21. The van der Waals surface area contributed by atoms with Crippen LogP contribution in [0.4, 0.5) is 52.7 Å². The number of alkyl halides is 9. The van der Waals surface area contributed by atoms with Crippen molar-refractivity contribution in [1.82, 2.24) is 0 Å². The predicted octanol–water partition coefficient (Wildman–Crippen LogP) is 22.6. The van der Waals surface area contributed by atoms with E-state index < -0.39 is 116 Å². The highest BCUT2D eigenvalue weighted by Crippen LogP contribution is 2.43. The van der Waals surface area contributed by atoms with Gasteiger partial charge in [0.15, 0.2) is 65.2 Å². The highest BCUT2D eigenvalue weighted by atomic mass is 35.6. The number of hydrogen-bond acceptors (Lipinski definition) is 0. The van der Waals surface area contributed by atoms with Crippen LogP contribution in [0.3, 0.4) is 0 Å². The molecule has 9 aromatic carbocycles. The van der Waals surface area contributed by atoms with Crippen LogP contribution in [0.5, 0.6) is 0 Å². The summed E-state index contributed by atoms with van der Waals surface area (Å²) in [6, 6.07) is 32.0. The van der Waals surface area contributed by atoms with Gasteiger partial charge in [-0.25, -0.2) is 52.7 Å². The summed E-state index contributed by atoms with van der Waals surface area (Å²) in [5.41, 5.74) is -3.77. The van der Waals surface area contributed by atoms with Crippen molar-refractivity contribution in [3.05, 3.63) is 215 Å². The molecule has 0 N–H and O–H groups in total. The summed E-state index contributed by atoms with van der Waals surface area (Å²) < 4.78 is 184. The smallest absolute Gasteiger partial charge is 0.195 e. The summed E-state index contributed by atoms with van der Waals surface area (Å²) in [6.45, 7) is 0. The molecule has 9 aromatic rings. The second-order valence-corrected chi connectivity index (χ2v) is 22.2. The van der Waals surface area contributed by atoms with E-state index in [9.17, 15) is 0 Å². The van der Waals surface area contributed by atoms with E-state index in [0.29, 0.717) is 33.4 Å². The van der Waals surface area contributed by atoms with E-state index in [0.717, 1.165) is 0 Å². The average molecular weight is 1260 g/mol. The van der Waals surface area contributed by atoms with Crippen molar-refractivity contribution in [2.24, 2.45) is 0 Å². The molecule has 0 atom stereocenters. The van der Waals surface area contributed by atoms with Crippen LogP contribution in [0, 0.1) is 69.8 Å². The van der Waals surface area contributed by atoms with E-state index >= 15 is 52.7 Å². The highest BCUT2D eigenvalue weighted by molar-refractivity contribution is 6.63. The van der Waals surface area contributed by atoms with Gasteiger partial charge in [-0.1, -0.05) is 250 Å². The van der Waals surface area contributed by atoms with Gasteiger partial charge in [-0.15, -0.1) is 0 Å². The largest absolute Gasteiger partial charge is 0.205 e. The molecule has 18 bridgehead atoms. The fourth-order valence-electron chi connectivity index (χ4n) is 8.40. The number of rotatable bonds is 0. The fraction of sp³-hybridized carbons (Fsp3) is 0.0526. The molecule has 0 saturated heterocycles. The van der Waals surface area contributed by atoms with Crippen molar-refractivity contribution >= 4 is 104 Å². The molecule has 0 unspecified atom stereocenters. The molecule has 0 heterocycles. The Morgan fingerprint density at radius 3 is 0.346 bits per heavy atom. The Hall–Kier alpha value is -5.25. The molecule has 0 radical (unpaired) electrons. The minimum absolute atomic E-state index is 0.172. The standard InChI is InChI=1S/C54H24F12.3CHCl3/c55-43-37-31-13-1-25(2-14-31)26-3-15-32(16-4-26)39-44(56)40(49(61)53(65)48(39)60)34-19-7-29(8-20-34)30-11-23-36(24-12-30)42-45(57)41(50(62)54(66)51(42)63)35-21-9-28(10-22-35)27-5-17-33(18-6-27)38(43)47(59)52(64)46(37)58;3*2-1(3)4/h1-24H;3*1H. The maximum absolute atomic E-state index is 16.2. The maximum atomic E-state index is 16.2. The molecule has 0 aliphatic heterocycles. The van der Waals surface area contributed by atoms with E-state index in [1.807, 2.05) is 0 Å². The topological polar surface area (TPSA) is 0 Å². The van der Waals surface area contributed by atoms with E-state index in [2.05, 4.69) is 0 Å². The molecule has 10 aliphatic rings. The van der Waals surface area contributed by atoms with Crippen molar-refractivity contribution in [2.75, 3.05) is 0 Å². The van der Waals surface area contributed by atoms with Gasteiger partial charge >= 0.3 is 0 Å². The quantitative estimate of drug-likeness (QED) is 0.0614. The summed E-state index contributed by atoms with van der Waals surface area (Å²) in [6.07, 6.45) is 0. The molecule has 10 aliphatic carbocycles. The lowest BCUT2D eigenvalue weighted by Gasteiger charge is -2.15. The minimum Gasteiger partial charge on any atom is -0.205 e. The SMILES string of the molecule is ClC(Cl)Cl.ClC(Cl)Cl.ClC(Cl)Cl.Fc1c(F)c2c(F)c(c1F)-c1ccc(cc1)-c1ccc(cc1)-c1c(F)c(F)c(F)c(c1F)-c1ccc(cc1)-c1ccc(cc1)-c1c(F)c(F)c(F)c(c1F)-c1ccc(cc1)-c1ccc-2cc1. The number of benzene rings is 9. The van der Waals surface area contributed by atoms with Gasteiger partial charge in [-0.3, -0.25) is 0 Å². The Labute approximate surface area is 482 Å². The minimum atomic E-state index is -1.94. The molecular formula is C57H27Cl9F12. The predicted molar refractivity (Wildman–Crippen MR) is 292 cm³/mol. The third kappa shape index (κ3) is 13.0. The lowest BCUT2D eigenvalue weighted by atomic mass is 9.93. The van der Waals surface area contributed by atoms with Gasteiger partial charge in [-0.2, -0.15) is 0 Å².